The Labute approximate surface area is 121 Å². The van der Waals surface area contributed by atoms with E-state index in [0.29, 0.717) is 10.9 Å². The molecule has 5 heteroatoms. The van der Waals surface area contributed by atoms with Crippen molar-refractivity contribution in [2.45, 2.75) is 13.3 Å². The Bertz CT molecular complexity index is 549. The van der Waals surface area contributed by atoms with Gasteiger partial charge < -0.3 is 5.32 Å². The second-order valence-electron chi connectivity index (χ2n) is 4.07. The molecule has 3 nitrogen and oxygen atoms in total. The van der Waals surface area contributed by atoms with Crippen molar-refractivity contribution >= 4 is 34.1 Å². The second kappa shape index (κ2) is 6.73. The Morgan fingerprint density at radius 2 is 2.11 bits per heavy atom. The predicted octanol–water partition coefficient (Wildman–Crippen LogP) is 3.67. The molecule has 0 radical (unpaired) electrons. The van der Waals surface area contributed by atoms with Crippen LogP contribution >= 0.6 is 23.1 Å². The van der Waals surface area contributed by atoms with E-state index in [9.17, 15) is 4.79 Å². The second-order valence-corrected chi connectivity index (χ2v) is 5.79. The Morgan fingerprint density at radius 1 is 1.37 bits per heavy atom. The van der Waals surface area contributed by atoms with Gasteiger partial charge in [0.25, 0.3) is 0 Å². The van der Waals surface area contributed by atoms with Crippen LogP contribution in [-0.2, 0) is 11.2 Å². The number of aromatic nitrogens is 1. The number of anilines is 1. The van der Waals surface area contributed by atoms with Crippen molar-refractivity contribution in [3.8, 4) is 11.3 Å². The number of carbonyl (C=O) groups is 1. The summed E-state index contributed by atoms with van der Waals surface area (Å²) in [5.41, 5.74) is 3.30. The molecule has 0 bridgehead atoms. The van der Waals surface area contributed by atoms with E-state index in [4.69, 9.17) is 0 Å². The lowest BCUT2D eigenvalue weighted by molar-refractivity contribution is -0.113. The molecule has 0 saturated heterocycles. The molecule has 1 amide bonds. The number of hydrogen-bond donors (Lipinski definition) is 1. The largest absolute Gasteiger partial charge is 0.301 e. The molecule has 0 aliphatic rings. The van der Waals surface area contributed by atoms with Crippen LogP contribution in [0.25, 0.3) is 11.3 Å². The van der Waals surface area contributed by atoms with Crippen molar-refractivity contribution in [2.75, 3.05) is 17.3 Å². The molecule has 1 aromatic heterocycles. The summed E-state index contributed by atoms with van der Waals surface area (Å²) < 4.78 is 0. The number of nitrogens with one attached hydrogen (secondary N) is 1. The van der Waals surface area contributed by atoms with Crippen LogP contribution < -0.4 is 5.32 Å². The van der Waals surface area contributed by atoms with Gasteiger partial charge in [0.2, 0.25) is 5.91 Å². The van der Waals surface area contributed by atoms with E-state index < -0.39 is 0 Å². The van der Waals surface area contributed by atoms with Gasteiger partial charge >= 0.3 is 0 Å². The van der Waals surface area contributed by atoms with E-state index in [1.54, 1.807) is 0 Å². The lowest BCUT2D eigenvalue weighted by atomic mass is 10.1. The van der Waals surface area contributed by atoms with E-state index in [0.717, 1.165) is 17.7 Å². The number of nitrogens with zero attached hydrogens (tertiary/aromatic N) is 1. The fourth-order valence-electron chi connectivity index (χ4n) is 1.66. The van der Waals surface area contributed by atoms with Crippen molar-refractivity contribution in [2.24, 2.45) is 0 Å². The highest BCUT2D eigenvalue weighted by molar-refractivity contribution is 7.99. The average Bonchev–Trinajstić information content (AvgIpc) is 2.87. The molecule has 100 valence electrons. The SMILES string of the molecule is CCc1ccc(-c2csc(NC(=O)CSC)n2)cc1. The van der Waals surface area contributed by atoms with E-state index in [1.165, 1.54) is 28.7 Å². The molecule has 0 spiro atoms. The van der Waals surface area contributed by atoms with Gasteiger partial charge in [0.1, 0.15) is 0 Å². The van der Waals surface area contributed by atoms with Crippen LogP contribution in [0.15, 0.2) is 29.6 Å². The minimum absolute atomic E-state index is 0.00488. The molecule has 0 saturated carbocycles. The van der Waals surface area contributed by atoms with Crippen LogP contribution in [0.5, 0.6) is 0 Å². The zero-order chi connectivity index (χ0) is 13.7. The number of amides is 1. The summed E-state index contributed by atoms with van der Waals surface area (Å²) >= 11 is 2.96. The summed E-state index contributed by atoms with van der Waals surface area (Å²) in [4.78, 5) is 15.9. The van der Waals surface area contributed by atoms with Gasteiger partial charge in [-0.15, -0.1) is 11.3 Å². The summed E-state index contributed by atoms with van der Waals surface area (Å²) in [6, 6.07) is 8.37. The molecule has 19 heavy (non-hydrogen) atoms. The Morgan fingerprint density at radius 3 is 2.74 bits per heavy atom. The van der Waals surface area contributed by atoms with Crippen LogP contribution in [0.2, 0.25) is 0 Å². The number of carbonyl (C=O) groups excluding carboxylic acids is 1. The van der Waals surface area contributed by atoms with Gasteiger partial charge in [-0.3, -0.25) is 4.79 Å². The molecule has 0 unspecified atom stereocenters. The maximum absolute atomic E-state index is 11.5. The topological polar surface area (TPSA) is 42.0 Å². The van der Waals surface area contributed by atoms with Gasteiger partial charge in [-0.05, 0) is 18.2 Å². The van der Waals surface area contributed by atoms with Crippen molar-refractivity contribution in [1.29, 1.82) is 0 Å². The summed E-state index contributed by atoms with van der Waals surface area (Å²) in [5, 5.41) is 5.43. The smallest absolute Gasteiger partial charge is 0.236 e. The predicted molar refractivity (Wildman–Crippen MR) is 83.9 cm³/mol. The number of aryl methyl sites for hydroxylation is 1. The van der Waals surface area contributed by atoms with Crippen molar-refractivity contribution in [3.63, 3.8) is 0 Å². The fraction of sp³-hybridized carbons (Fsp3) is 0.286. The maximum Gasteiger partial charge on any atom is 0.236 e. The minimum atomic E-state index is -0.00488. The molecule has 2 aromatic rings. The quantitative estimate of drug-likeness (QED) is 0.914. The number of thioether (sulfide) groups is 1. The third kappa shape index (κ3) is 3.81. The van der Waals surface area contributed by atoms with Crippen LogP contribution in [0, 0.1) is 0 Å². The van der Waals surface area contributed by atoms with E-state index in [-0.39, 0.29) is 5.91 Å². The molecular formula is C14H16N2OS2. The zero-order valence-electron chi connectivity index (χ0n) is 11.0. The van der Waals surface area contributed by atoms with Gasteiger partial charge in [0.15, 0.2) is 5.13 Å². The third-order valence-electron chi connectivity index (χ3n) is 2.68. The van der Waals surface area contributed by atoms with Gasteiger partial charge in [-0.2, -0.15) is 11.8 Å². The number of thiazole rings is 1. The van der Waals surface area contributed by atoms with Crippen molar-refractivity contribution < 1.29 is 4.79 Å². The summed E-state index contributed by atoms with van der Waals surface area (Å²) in [7, 11) is 0. The number of benzene rings is 1. The van der Waals surface area contributed by atoms with Crippen LogP contribution in [-0.4, -0.2) is 22.9 Å². The van der Waals surface area contributed by atoms with Crippen LogP contribution in [0.4, 0.5) is 5.13 Å². The molecule has 0 fully saturated rings. The van der Waals surface area contributed by atoms with Gasteiger partial charge in [0.05, 0.1) is 11.4 Å². The first kappa shape index (κ1) is 14.1. The highest BCUT2D eigenvalue weighted by atomic mass is 32.2. The van der Waals surface area contributed by atoms with Gasteiger partial charge in [-0.25, -0.2) is 4.98 Å². The lowest BCUT2D eigenvalue weighted by Gasteiger charge is -2.00. The van der Waals surface area contributed by atoms with E-state index in [2.05, 4.69) is 41.5 Å². The zero-order valence-corrected chi connectivity index (χ0v) is 12.6. The Kier molecular flexibility index (Phi) is 4.99. The normalized spacial score (nSPS) is 10.4. The van der Waals surface area contributed by atoms with Crippen LogP contribution in [0.3, 0.4) is 0 Å². The molecule has 1 aromatic carbocycles. The first-order chi connectivity index (χ1) is 9.22. The summed E-state index contributed by atoms with van der Waals surface area (Å²) in [5.74, 6) is 0.454. The van der Waals surface area contributed by atoms with Crippen molar-refractivity contribution in [3.05, 3.63) is 35.2 Å². The number of hydrogen-bond acceptors (Lipinski definition) is 4. The first-order valence-electron chi connectivity index (χ1n) is 6.06. The van der Waals surface area contributed by atoms with E-state index in [1.807, 2.05) is 11.6 Å². The number of rotatable bonds is 5. The third-order valence-corrected chi connectivity index (χ3v) is 3.99. The molecule has 0 atom stereocenters. The molecule has 0 aliphatic carbocycles. The highest BCUT2D eigenvalue weighted by Crippen LogP contribution is 2.25. The Hall–Kier alpha value is -1.33. The lowest BCUT2D eigenvalue weighted by Crippen LogP contribution is -2.13. The van der Waals surface area contributed by atoms with Gasteiger partial charge in [-0.1, -0.05) is 31.2 Å². The highest BCUT2D eigenvalue weighted by Gasteiger charge is 2.07. The van der Waals surface area contributed by atoms with E-state index >= 15 is 0 Å². The molecular weight excluding hydrogens is 276 g/mol. The first-order valence-corrected chi connectivity index (χ1v) is 8.34. The maximum atomic E-state index is 11.5. The van der Waals surface area contributed by atoms with Crippen molar-refractivity contribution in [1.82, 2.24) is 4.98 Å². The standard InChI is InChI=1S/C14H16N2OS2/c1-3-10-4-6-11(7-5-10)12-8-19-14(15-12)16-13(17)9-18-2/h4-8H,3,9H2,1-2H3,(H,15,16,17). The van der Waals surface area contributed by atoms with Crippen LogP contribution in [0.1, 0.15) is 12.5 Å². The minimum Gasteiger partial charge on any atom is -0.301 e. The molecule has 1 N–H and O–H groups in total. The summed E-state index contributed by atoms with van der Waals surface area (Å²) in [6.45, 7) is 2.14. The summed E-state index contributed by atoms with van der Waals surface area (Å²) in [6.07, 6.45) is 2.94. The molecule has 2 rings (SSSR count). The fourth-order valence-corrected chi connectivity index (χ4v) is 2.73. The molecule has 1 heterocycles. The monoisotopic (exact) mass is 292 g/mol. The van der Waals surface area contributed by atoms with Gasteiger partial charge in [0, 0.05) is 10.9 Å². The average molecular weight is 292 g/mol. The Balaban J connectivity index is 2.09. The molecule has 0 aliphatic heterocycles.